The van der Waals surface area contributed by atoms with Crippen molar-refractivity contribution in [1.29, 1.82) is 0 Å². The minimum Gasteiger partial charge on any atom is -0.492 e. The highest BCUT2D eigenvalue weighted by Gasteiger charge is 2.16. The third kappa shape index (κ3) is 10.6. The molecule has 5 heteroatoms. The van der Waals surface area contributed by atoms with E-state index in [-0.39, 0.29) is 5.78 Å². The molecule has 0 aliphatic rings. The number of carbonyl (C=O) groups is 2. The van der Waals surface area contributed by atoms with E-state index in [0.717, 1.165) is 12.8 Å². The van der Waals surface area contributed by atoms with Gasteiger partial charge in [0.2, 0.25) is 0 Å². The summed E-state index contributed by atoms with van der Waals surface area (Å²) in [6.07, 6.45) is 15.1. The first-order chi connectivity index (χ1) is 12.6. The van der Waals surface area contributed by atoms with Crippen LogP contribution in [0.5, 0.6) is 5.75 Å². The van der Waals surface area contributed by atoms with Gasteiger partial charge in [0.25, 0.3) is 0 Å². The lowest BCUT2D eigenvalue weighted by molar-refractivity contribution is -0.135. The van der Waals surface area contributed by atoms with Crippen LogP contribution < -0.4 is 4.74 Å². The SMILES string of the molecule is CCCCCCCCCCCCCCOc1cscc1C(=O)CC(=O)O. The maximum atomic E-state index is 11.8. The topological polar surface area (TPSA) is 63.6 Å². The number of hydrogen-bond acceptors (Lipinski definition) is 4. The van der Waals surface area contributed by atoms with E-state index in [9.17, 15) is 9.59 Å². The quantitative estimate of drug-likeness (QED) is 0.190. The highest BCUT2D eigenvalue weighted by Crippen LogP contribution is 2.25. The third-order valence-electron chi connectivity index (χ3n) is 4.49. The first-order valence-electron chi connectivity index (χ1n) is 10.1. The number of carbonyl (C=O) groups excluding carboxylic acids is 1. The Bertz CT molecular complexity index is 510. The molecule has 1 heterocycles. The van der Waals surface area contributed by atoms with Gasteiger partial charge in [0, 0.05) is 10.8 Å². The molecule has 1 aromatic rings. The van der Waals surface area contributed by atoms with Crippen LogP contribution in [-0.2, 0) is 4.79 Å². The highest BCUT2D eigenvalue weighted by molar-refractivity contribution is 7.08. The molecule has 0 saturated carbocycles. The molecular weight excluding hydrogens is 348 g/mol. The number of hydrogen-bond donors (Lipinski definition) is 1. The monoisotopic (exact) mass is 382 g/mol. The first kappa shape index (κ1) is 22.7. The first-order valence-corrected chi connectivity index (χ1v) is 11.0. The van der Waals surface area contributed by atoms with E-state index in [2.05, 4.69) is 6.92 Å². The number of aliphatic carboxylic acids is 1. The van der Waals surface area contributed by atoms with Gasteiger partial charge in [0.15, 0.2) is 5.78 Å². The van der Waals surface area contributed by atoms with E-state index in [0.29, 0.717) is 17.9 Å². The summed E-state index contributed by atoms with van der Waals surface area (Å²) < 4.78 is 5.67. The molecule has 0 saturated heterocycles. The fraction of sp³-hybridized carbons (Fsp3) is 0.714. The summed E-state index contributed by atoms with van der Waals surface area (Å²) in [5.74, 6) is -0.958. The predicted octanol–water partition coefficient (Wildman–Crippen LogP) is 6.49. The molecule has 1 rings (SSSR count). The molecule has 0 radical (unpaired) electrons. The molecule has 0 amide bonds. The van der Waals surface area contributed by atoms with Crippen LogP contribution in [0.2, 0.25) is 0 Å². The zero-order chi connectivity index (χ0) is 19.0. The number of unbranched alkanes of at least 4 members (excludes halogenated alkanes) is 11. The Balaban J connectivity index is 1.99. The summed E-state index contributed by atoms with van der Waals surface area (Å²) in [5, 5.41) is 12.2. The van der Waals surface area contributed by atoms with Crippen molar-refractivity contribution in [3.8, 4) is 5.75 Å². The number of rotatable bonds is 17. The van der Waals surface area contributed by atoms with E-state index in [1.807, 2.05) is 0 Å². The Kier molecular flexibility index (Phi) is 12.9. The van der Waals surface area contributed by atoms with Gasteiger partial charge in [-0.15, -0.1) is 11.3 Å². The molecule has 1 aromatic heterocycles. The molecule has 26 heavy (non-hydrogen) atoms. The molecule has 0 spiro atoms. The average molecular weight is 383 g/mol. The van der Waals surface area contributed by atoms with E-state index < -0.39 is 12.4 Å². The fourth-order valence-corrected chi connectivity index (χ4v) is 3.73. The molecule has 0 unspecified atom stereocenters. The zero-order valence-corrected chi connectivity index (χ0v) is 17.0. The van der Waals surface area contributed by atoms with Crippen molar-refractivity contribution < 1.29 is 19.4 Å². The molecule has 4 nitrogen and oxygen atoms in total. The van der Waals surface area contributed by atoms with Gasteiger partial charge >= 0.3 is 5.97 Å². The zero-order valence-electron chi connectivity index (χ0n) is 16.1. The summed E-state index contributed by atoms with van der Waals surface area (Å²) in [6, 6.07) is 0. The van der Waals surface area contributed by atoms with Crippen molar-refractivity contribution in [2.45, 2.75) is 90.4 Å². The Labute approximate surface area is 162 Å². The lowest BCUT2D eigenvalue weighted by Gasteiger charge is -2.06. The summed E-state index contributed by atoms with van der Waals surface area (Å²) in [6.45, 7) is 2.84. The average Bonchev–Trinajstić information content (AvgIpc) is 3.07. The summed E-state index contributed by atoms with van der Waals surface area (Å²) in [7, 11) is 0. The van der Waals surface area contributed by atoms with Gasteiger partial charge in [0.05, 0.1) is 12.2 Å². The Morgan fingerprint density at radius 2 is 1.42 bits per heavy atom. The van der Waals surface area contributed by atoms with Gasteiger partial charge in [0.1, 0.15) is 12.2 Å². The summed E-state index contributed by atoms with van der Waals surface area (Å²) in [5.41, 5.74) is 0.399. The minimum absolute atomic E-state index is 0.386. The smallest absolute Gasteiger partial charge is 0.311 e. The number of ether oxygens (including phenoxy) is 1. The van der Waals surface area contributed by atoms with Crippen molar-refractivity contribution in [2.75, 3.05) is 6.61 Å². The van der Waals surface area contributed by atoms with Crippen LogP contribution in [0.15, 0.2) is 10.8 Å². The van der Waals surface area contributed by atoms with Crippen LogP contribution in [0.3, 0.4) is 0 Å². The Morgan fingerprint density at radius 1 is 0.885 bits per heavy atom. The van der Waals surface area contributed by atoms with Gasteiger partial charge < -0.3 is 9.84 Å². The van der Waals surface area contributed by atoms with Gasteiger partial charge in [-0.1, -0.05) is 77.6 Å². The molecule has 148 valence electrons. The van der Waals surface area contributed by atoms with Crippen molar-refractivity contribution in [1.82, 2.24) is 0 Å². The van der Waals surface area contributed by atoms with Crippen LogP contribution in [0.25, 0.3) is 0 Å². The number of Topliss-reactive ketones (excluding diaryl/α,β-unsaturated/α-hetero) is 1. The number of ketones is 1. The molecule has 0 aromatic carbocycles. The maximum Gasteiger partial charge on any atom is 0.311 e. The molecule has 0 aliphatic heterocycles. The van der Waals surface area contributed by atoms with Crippen LogP contribution in [0, 0.1) is 0 Å². The van der Waals surface area contributed by atoms with Gasteiger partial charge in [-0.25, -0.2) is 0 Å². The van der Waals surface area contributed by atoms with Crippen LogP contribution in [-0.4, -0.2) is 23.5 Å². The van der Waals surface area contributed by atoms with E-state index >= 15 is 0 Å². The maximum absolute atomic E-state index is 11.8. The molecule has 1 N–H and O–H groups in total. The molecule has 0 atom stereocenters. The van der Waals surface area contributed by atoms with Crippen molar-refractivity contribution in [2.24, 2.45) is 0 Å². The van der Waals surface area contributed by atoms with E-state index in [4.69, 9.17) is 9.84 Å². The van der Waals surface area contributed by atoms with Crippen LogP contribution >= 0.6 is 11.3 Å². The third-order valence-corrected chi connectivity index (χ3v) is 5.22. The fourth-order valence-electron chi connectivity index (χ4n) is 2.96. The second-order valence-electron chi connectivity index (χ2n) is 6.88. The van der Waals surface area contributed by atoms with Gasteiger partial charge in [-0.3, -0.25) is 9.59 Å². The number of carboxylic acids is 1. The largest absolute Gasteiger partial charge is 0.492 e. The lowest BCUT2D eigenvalue weighted by atomic mass is 10.1. The van der Waals surface area contributed by atoms with E-state index in [1.54, 1.807) is 10.8 Å². The number of carboxylic acid groups (broad SMARTS) is 1. The summed E-state index contributed by atoms with van der Waals surface area (Å²) in [4.78, 5) is 22.5. The second kappa shape index (κ2) is 14.8. The lowest BCUT2D eigenvalue weighted by Crippen LogP contribution is -2.08. The Hall–Kier alpha value is -1.36. The van der Waals surface area contributed by atoms with Crippen LogP contribution in [0.1, 0.15) is 101 Å². The van der Waals surface area contributed by atoms with Crippen molar-refractivity contribution in [3.63, 3.8) is 0 Å². The standard InChI is InChI=1S/C21H34O4S/c1-2-3-4-5-6-7-8-9-10-11-12-13-14-25-20-17-26-16-18(20)19(22)15-21(23)24/h16-17H,2-15H2,1H3,(H,23,24). The van der Waals surface area contributed by atoms with Crippen molar-refractivity contribution >= 4 is 23.1 Å². The van der Waals surface area contributed by atoms with Crippen LogP contribution in [0.4, 0.5) is 0 Å². The minimum atomic E-state index is -1.10. The molecule has 0 fully saturated rings. The summed E-state index contributed by atoms with van der Waals surface area (Å²) >= 11 is 1.37. The van der Waals surface area contributed by atoms with Gasteiger partial charge in [-0.2, -0.15) is 0 Å². The van der Waals surface area contributed by atoms with Gasteiger partial charge in [-0.05, 0) is 6.42 Å². The number of thiophene rings is 1. The second-order valence-corrected chi connectivity index (χ2v) is 7.62. The Morgan fingerprint density at radius 3 is 1.96 bits per heavy atom. The molecular formula is C21H34O4S. The van der Waals surface area contributed by atoms with Crippen molar-refractivity contribution in [3.05, 3.63) is 16.3 Å². The normalized spacial score (nSPS) is 10.8. The van der Waals surface area contributed by atoms with E-state index in [1.165, 1.54) is 75.5 Å². The molecule has 0 aliphatic carbocycles. The highest BCUT2D eigenvalue weighted by atomic mass is 32.1. The predicted molar refractivity (Wildman–Crippen MR) is 107 cm³/mol. The molecule has 0 bridgehead atoms.